The molecular formula is C15H23NO4S. The molecule has 1 saturated heterocycles. The molecule has 0 bridgehead atoms. The van der Waals surface area contributed by atoms with Gasteiger partial charge < -0.3 is 9.47 Å². The molecule has 0 aliphatic carbocycles. The van der Waals surface area contributed by atoms with Crippen LogP contribution in [0.25, 0.3) is 0 Å². The van der Waals surface area contributed by atoms with Crippen molar-refractivity contribution in [2.24, 2.45) is 0 Å². The van der Waals surface area contributed by atoms with Crippen LogP contribution in [0.2, 0.25) is 0 Å². The predicted molar refractivity (Wildman–Crippen MR) is 81.6 cm³/mol. The summed E-state index contributed by atoms with van der Waals surface area (Å²) < 4.78 is 37.9. The van der Waals surface area contributed by atoms with Crippen molar-refractivity contribution in [2.45, 2.75) is 38.6 Å². The molecule has 1 N–H and O–H groups in total. The monoisotopic (exact) mass is 313 g/mol. The first kappa shape index (κ1) is 16.4. The van der Waals surface area contributed by atoms with E-state index in [1.807, 2.05) is 51.1 Å². The van der Waals surface area contributed by atoms with Crippen molar-refractivity contribution in [3.8, 4) is 0 Å². The standard InChI is InChI=1S/C15H23NO4S/c1-12(13-7-5-4-6-8-13)11-21(17,18)16-9-14-10-19-15(2,3)20-14/h4-8,12,14,16H,9-11H2,1-3H3. The van der Waals surface area contributed by atoms with Crippen LogP contribution in [-0.2, 0) is 19.5 Å². The molecule has 1 aliphatic rings. The highest BCUT2D eigenvalue weighted by Gasteiger charge is 2.33. The second kappa shape index (κ2) is 6.44. The van der Waals surface area contributed by atoms with Crippen molar-refractivity contribution >= 4 is 10.0 Å². The smallest absolute Gasteiger partial charge is 0.212 e. The molecule has 0 aromatic heterocycles. The van der Waals surface area contributed by atoms with Crippen molar-refractivity contribution in [2.75, 3.05) is 18.9 Å². The molecule has 21 heavy (non-hydrogen) atoms. The van der Waals surface area contributed by atoms with Crippen LogP contribution in [0.5, 0.6) is 0 Å². The zero-order valence-corrected chi connectivity index (χ0v) is 13.5. The van der Waals surface area contributed by atoms with E-state index >= 15 is 0 Å². The number of benzene rings is 1. The van der Waals surface area contributed by atoms with E-state index in [4.69, 9.17) is 9.47 Å². The minimum atomic E-state index is -3.34. The Morgan fingerprint density at radius 3 is 2.57 bits per heavy atom. The van der Waals surface area contributed by atoms with E-state index in [-0.39, 0.29) is 24.3 Å². The molecule has 2 rings (SSSR count). The summed E-state index contributed by atoms with van der Waals surface area (Å²) in [6, 6.07) is 9.63. The third kappa shape index (κ3) is 5.07. The first-order valence-electron chi connectivity index (χ1n) is 7.11. The quantitative estimate of drug-likeness (QED) is 0.870. The summed E-state index contributed by atoms with van der Waals surface area (Å²) in [5, 5.41) is 0. The van der Waals surface area contributed by atoms with Crippen molar-refractivity contribution in [1.82, 2.24) is 4.72 Å². The van der Waals surface area contributed by atoms with Gasteiger partial charge in [0.1, 0.15) is 0 Å². The van der Waals surface area contributed by atoms with E-state index in [1.165, 1.54) is 0 Å². The lowest BCUT2D eigenvalue weighted by molar-refractivity contribution is -0.137. The van der Waals surface area contributed by atoms with Gasteiger partial charge in [0.25, 0.3) is 0 Å². The van der Waals surface area contributed by atoms with Gasteiger partial charge in [-0.25, -0.2) is 13.1 Å². The lowest BCUT2D eigenvalue weighted by Gasteiger charge is -2.18. The normalized spacial score (nSPS) is 23.1. The third-order valence-corrected chi connectivity index (χ3v) is 4.98. The van der Waals surface area contributed by atoms with Crippen LogP contribution in [0.4, 0.5) is 0 Å². The molecule has 118 valence electrons. The molecule has 1 aromatic carbocycles. The molecule has 0 saturated carbocycles. The maximum Gasteiger partial charge on any atom is 0.212 e. The summed E-state index contributed by atoms with van der Waals surface area (Å²) >= 11 is 0. The highest BCUT2D eigenvalue weighted by atomic mass is 32.2. The summed E-state index contributed by atoms with van der Waals surface area (Å²) in [6.07, 6.45) is -0.234. The third-order valence-electron chi connectivity index (χ3n) is 3.44. The zero-order valence-electron chi connectivity index (χ0n) is 12.7. The second-order valence-electron chi connectivity index (χ2n) is 5.89. The average Bonchev–Trinajstić information content (AvgIpc) is 2.77. The fourth-order valence-corrected chi connectivity index (χ4v) is 3.76. The summed E-state index contributed by atoms with van der Waals surface area (Å²) in [5.41, 5.74) is 1.02. The molecule has 1 fully saturated rings. The van der Waals surface area contributed by atoms with E-state index in [0.29, 0.717) is 6.61 Å². The molecule has 1 aliphatic heterocycles. The Balaban J connectivity index is 1.85. The Labute approximate surface area is 126 Å². The van der Waals surface area contributed by atoms with Gasteiger partial charge in [-0.1, -0.05) is 37.3 Å². The number of ether oxygens (including phenoxy) is 2. The Bertz CT molecular complexity index is 556. The highest BCUT2D eigenvalue weighted by molar-refractivity contribution is 7.89. The molecular weight excluding hydrogens is 290 g/mol. The summed E-state index contributed by atoms with van der Waals surface area (Å²) in [5.74, 6) is -0.623. The van der Waals surface area contributed by atoms with E-state index in [0.717, 1.165) is 5.56 Å². The van der Waals surface area contributed by atoms with Gasteiger partial charge in [-0.3, -0.25) is 0 Å². The molecule has 0 radical (unpaired) electrons. The van der Waals surface area contributed by atoms with Crippen LogP contribution in [0.15, 0.2) is 30.3 Å². The Morgan fingerprint density at radius 2 is 2.00 bits per heavy atom. The van der Waals surface area contributed by atoms with Crippen LogP contribution in [0, 0.1) is 0 Å². The minimum absolute atomic E-state index is 0.0547. The molecule has 5 nitrogen and oxygen atoms in total. The second-order valence-corrected chi connectivity index (χ2v) is 7.74. The largest absolute Gasteiger partial charge is 0.348 e. The molecule has 0 amide bonds. The predicted octanol–water partition coefficient (Wildman–Crippen LogP) is 1.86. The Morgan fingerprint density at radius 1 is 1.33 bits per heavy atom. The minimum Gasteiger partial charge on any atom is -0.348 e. The maximum absolute atomic E-state index is 12.1. The number of hydrogen-bond donors (Lipinski definition) is 1. The fourth-order valence-electron chi connectivity index (χ4n) is 2.35. The number of nitrogens with one attached hydrogen (secondary N) is 1. The van der Waals surface area contributed by atoms with Crippen LogP contribution < -0.4 is 4.72 Å². The molecule has 6 heteroatoms. The summed E-state index contributed by atoms with van der Waals surface area (Å²) in [6.45, 7) is 6.20. The molecule has 1 aromatic rings. The van der Waals surface area contributed by atoms with Gasteiger partial charge >= 0.3 is 0 Å². The van der Waals surface area contributed by atoms with E-state index in [2.05, 4.69) is 4.72 Å². The van der Waals surface area contributed by atoms with Crippen molar-refractivity contribution in [1.29, 1.82) is 0 Å². The maximum atomic E-state index is 12.1. The van der Waals surface area contributed by atoms with Gasteiger partial charge in [-0.2, -0.15) is 0 Å². The number of hydrogen-bond acceptors (Lipinski definition) is 4. The number of sulfonamides is 1. The van der Waals surface area contributed by atoms with Gasteiger partial charge in [0, 0.05) is 6.54 Å². The van der Waals surface area contributed by atoms with Crippen LogP contribution in [0.3, 0.4) is 0 Å². The summed E-state index contributed by atoms with van der Waals surface area (Å²) in [4.78, 5) is 0. The SMILES string of the molecule is CC(CS(=O)(=O)NCC1COC(C)(C)O1)c1ccccc1. The van der Waals surface area contributed by atoms with Gasteiger partial charge in [-0.15, -0.1) is 0 Å². The Kier molecular flexibility index (Phi) is 5.03. The van der Waals surface area contributed by atoms with Crippen LogP contribution >= 0.6 is 0 Å². The van der Waals surface area contributed by atoms with Crippen LogP contribution in [0.1, 0.15) is 32.3 Å². The van der Waals surface area contributed by atoms with E-state index in [1.54, 1.807) is 0 Å². The van der Waals surface area contributed by atoms with E-state index < -0.39 is 15.8 Å². The lowest BCUT2D eigenvalue weighted by atomic mass is 10.0. The highest BCUT2D eigenvalue weighted by Crippen LogP contribution is 2.22. The van der Waals surface area contributed by atoms with Gasteiger partial charge in [0.05, 0.1) is 18.5 Å². The van der Waals surface area contributed by atoms with Gasteiger partial charge in [-0.05, 0) is 25.3 Å². The van der Waals surface area contributed by atoms with Crippen molar-refractivity contribution in [3.05, 3.63) is 35.9 Å². The first-order chi connectivity index (χ1) is 9.77. The molecule has 0 spiro atoms. The van der Waals surface area contributed by atoms with Gasteiger partial charge in [0.2, 0.25) is 10.0 Å². The molecule has 2 atom stereocenters. The summed E-state index contributed by atoms with van der Waals surface area (Å²) in [7, 11) is -3.34. The first-order valence-corrected chi connectivity index (χ1v) is 8.77. The molecule has 2 unspecified atom stereocenters. The lowest BCUT2D eigenvalue weighted by Crippen LogP contribution is -2.36. The van der Waals surface area contributed by atoms with Crippen molar-refractivity contribution < 1.29 is 17.9 Å². The fraction of sp³-hybridized carbons (Fsp3) is 0.600. The molecule has 1 heterocycles. The number of rotatable bonds is 6. The van der Waals surface area contributed by atoms with Gasteiger partial charge in [0.15, 0.2) is 5.79 Å². The van der Waals surface area contributed by atoms with Crippen molar-refractivity contribution in [3.63, 3.8) is 0 Å². The Hall–Kier alpha value is -0.950. The van der Waals surface area contributed by atoms with E-state index in [9.17, 15) is 8.42 Å². The topological polar surface area (TPSA) is 64.6 Å². The zero-order chi connectivity index (χ0) is 15.5. The average molecular weight is 313 g/mol. The van der Waals surface area contributed by atoms with Crippen LogP contribution in [-0.4, -0.2) is 39.2 Å².